The molecule has 1 aromatic carbocycles. The number of hydrogen-bond acceptors (Lipinski definition) is 2. The molecule has 1 aliphatic rings. The summed E-state index contributed by atoms with van der Waals surface area (Å²) in [4.78, 5) is 14.3. The van der Waals surface area contributed by atoms with Crippen LogP contribution in [0.5, 0.6) is 0 Å². The van der Waals surface area contributed by atoms with Gasteiger partial charge in [-0.05, 0) is 32.4 Å². The molecule has 0 unspecified atom stereocenters. The van der Waals surface area contributed by atoms with Gasteiger partial charge in [0.25, 0.3) is 0 Å². The number of carbonyl (C=O) groups is 1. The molecule has 0 amide bonds. The summed E-state index contributed by atoms with van der Waals surface area (Å²) in [6.07, 6.45) is 2.52. The lowest BCUT2D eigenvalue weighted by Gasteiger charge is -2.18. The largest absolute Gasteiger partial charge is 0.293 e. The van der Waals surface area contributed by atoms with Gasteiger partial charge < -0.3 is 0 Å². The Bertz CT molecular complexity index is 382. The van der Waals surface area contributed by atoms with Crippen LogP contribution in [0.3, 0.4) is 0 Å². The first-order chi connectivity index (χ1) is 7.70. The number of Topliss-reactive ketones (excluding diaryl/α,β-unsaturated/α-hetero) is 1. The Morgan fingerprint density at radius 2 is 2.19 bits per heavy atom. The first kappa shape index (κ1) is 11.3. The fourth-order valence-electron chi connectivity index (χ4n) is 2.03. The molecule has 0 spiro atoms. The Morgan fingerprint density at radius 3 is 2.75 bits per heavy atom. The lowest BCUT2D eigenvalue weighted by Crippen LogP contribution is -2.31. The van der Waals surface area contributed by atoms with Crippen LogP contribution in [0.1, 0.15) is 35.7 Å². The van der Waals surface area contributed by atoms with Gasteiger partial charge >= 0.3 is 0 Å². The van der Waals surface area contributed by atoms with Crippen LogP contribution in [0, 0.1) is 6.92 Å². The molecule has 2 nitrogen and oxygen atoms in total. The van der Waals surface area contributed by atoms with Gasteiger partial charge in [0, 0.05) is 11.6 Å². The van der Waals surface area contributed by atoms with E-state index in [1.807, 2.05) is 31.2 Å². The lowest BCUT2D eigenvalue weighted by atomic mass is 10.1. The maximum absolute atomic E-state index is 12.1. The summed E-state index contributed by atoms with van der Waals surface area (Å²) in [5, 5.41) is 0. The molecule has 1 aliphatic carbocycles. The van der Waals surface area contributed by atoms with Gasteiger partial charge in [-0.3, -0.25) is 9.69 Å². The molecule has 2 heteroatoms. The summed E-state index contributed by atoms with van der Waals surface area (Å²) in [6, 6.07) is 8.53. The molecule has 0 aromatic heterocycles. The number of nitrogens with zero attached hydrogens (tertiary/aromatic N) is 1. The highest BCUT2D eigenvalue weighted by atomic mass is 16.1. The minimum Gasteiger partial charge on any atom is -0.293 e. The molecule has 0 aliphatic heterocycles. The van der Waals surface area contributed by atoms with Gasteiger partial charge in [0.2, 0.25) is 0 Å². The van der Waals surface area contributed by atoms with Gasteiger partial charge in [0.1, 0.15) is 0 Å². The van der Waals surface area contributed by atoms with E-state index >= 15 is 0 Å². The normalized spacial score (nSPS) is 15.4. The Morgan fingerprint density at radius 1 is 1.44 bits per heavy atom. The summed E-state index contributed by atoms with van der Waals surface area (Å²) in [5.74, 6) is 0.248. The summed E-state index contributed by atoms with van der Waals surface area (Å²) in [7, 11) is 0. The van der Waals surface area contributed by atoms with Crippen molar-refractivity contribution in [3.8, 4) is 0 Å². The molecule has 1 saturated carbocycles. The zero-order chi connectivity index (χ0) is 11.5. The smallest absolute Gasteiger partial charge is 0.176 e. The SMILES string of the molecule is CCN(CC(=O)c1cccc(C)c1)C1CC1. The average Bonchev–Trinajstić information content (AvgIpc) is 3.09. The molecule has 1 fully saturated rings. The summed E-state index contributed by atoms with van der Waals surface area (Å²) < 4.78 is 0. The molecular formula is C14H19NO. The summed E-state index contributed by atoms with van der Waals surface area (Å²) in [6.45, 7) is 5.70. The van der Waals surface area contributed by atoms with E-state index < -0.39 is 0 Å². The van der Waals surface area contributed by atoms with E-state index in [1.165, 1.54) is 12.8 Å². The van der Waals surface area contributed by atoms with Crippen molar-refractivity contribution >= 4 is 5.78 Å². The Hall–Kier alpha value is -1.15. The Kier molecular flexibility index (Phi) is 3.39. The van der Waals surface area contributed by atoms with Gasteiger partial charge in [0.05, 0.1) is 6.54 Å². The second kappa shape index (κ2) is 4.79. The number of benzene rings is 1. The third-order valence-corrected chi connectivity index (χ3v) is 3.16. The van der Waals surface area contributed by atoms with Crippen LogP contribution in [0.2, 0.25) is 0 Å². The zero-order valence-corrected chi connectivity index (χ0v) is 10.1. The average molecular weight is 217 g/mol. The number of aryl methyl sites for hydroxylation is 1. The highest BCUT2D eigenvalue weighted by molar-refractivity contribution is 5.97. The molecule has 0 radical (unpaired) electrons. The van der Waals surface area contributed by atoms with Crippen molar-refractivity contribution < 1.29 is 4.79 Å². The molecule has 0 atom stereocenters. The summed E-state index contributed by atoms with van der Waals surface area (Å²) >= 11 is 0. The maximum Gasteiger partial charge on any atom is 0.176 e. The van der Waals surface area contributed by atoms with E-state index in [0.717, 1.165) is 17.7 Å². The monoisotopic (exact) mass is 217 g/mol. The van der Waals surface area contributed by atoms with Crippen molar-refractivity contribution in [3.05, 3.63) is 35.4 Å². The quantitative estimate of drug-likeness (QED) is 0.707. The second-order valence-electron chi connectivity index (χ2n) is 4.59. The molecular weight excluding hydrogens is 198 g/mol. The van der Waals surface area contributed by atoms with Crippen molar-refractivity contribution in [3.63, 3.8) is 0 Å². The Balaban J connectivity index is 2.01. The van der Waals surface area contributed by atoms with Crippen LogP contribution in [-0.4, -0.2) is 29.8 Å². The van der Waals surface area contributed by atoms with Crippen LogP contribution >= 0.6 is 0 Å². The molecule has 1 aromatic rings. The van der Waals surface area contributed by atoms with Crippen LogP contribution in [0.25, 0.3) is 0 Å². The molecule has 0 N–H and O–H groups in total. The van der Waals surface area contributed by atoms with Gasteiger partial charge in [-0.1, -0.05) is 30.7 Å². The van der Waals surface area contributed by atoms with Gasteiger partial charge in [-0.15, -0.1) is 0 Å². The highest BCUT2D eigenvalue weighted by Gasteiger charge is 2.29. The highest BCUT2D eigenvalue weighted by Crippen LogP contribution is 2.26. The van der Waals surface area contributed by atoms with Crippen molar-refractivity contribution in [2.45, 2.75) is 32.7 Å². The third kappa shape index (κ3) is 2.70. The topological polar surface area (TPSA) is 20.3 Å². The van der Waals surface area contributed by atoms with E-state index in [4.69, 9.17) is 0 Å². The Labute approximate surface area is 97.3 Å². The van der Waals surface area contributed by atoms with E-state index in [0.29, 0.717) is 12.6 Å². The first-order valence-corrected chi connectivity index (χ1v) is 6.04. The number of ketones is 1. The van der Waals surface area contributed by atoms with Crippen molar-refractivity contribution in [2.24, 2.45) is 0 Å². The molecule has 0 saturated heterocycles. The third-order valence-electron chi connectivity index (χ3n) is 3.16. The molecule has 86 valence electrons. The fraction of sp³-hybridized carbons (Fsp3) is 0.500. The minimum absolute atomic E-state index is 0.248. The molecule has 16 heavy (non-hydrogen) atoms. The van der Waals surface area contributed by atoms with Crippen LogP contribution in [-0.2, 0) is 0 Å². The van der Waals surface area contributed by atoms with E-state index in [9.17, 15) is 4.79 Å². The van der Waals surface area contributed by atoms with Crippen LogP contribution in [0.15, 0.2) is 24.3 Å². The van der Waals surface area contributed by atoms with Crippen molar-refractivity contribution in [1.82, 2.24) is 4.90 Å². The van der Waals surface area contributed by atoms with Crippen molar-refractivity contribution in [1.29, 1.82) is 0 Å². The van der Waals surface area contributed by atoms with Crippen molar-refractivity contribution in [2.75, 3.05) is 13.1 Å². The zero-order valence-electron chi connectivity index (χ0n) is 10.1. The van der Waals surface area contributed by atoms with Crippen LogP contribution in [0.4, 0.5) is 0 Å². The second-order valence-corrected chi connectivity index (χ2v) is 4.59. The van der Waals surface area contributed by atoms with Gasteiger partial charge in [-0.25, -0.2) is 0 Å². The van der Waals surface area contributed by atoms with Gasteiger partial charge in [-0.2, -0.15) is 0 Å². The van der Waals surface area contributed by atoms with Crippen LogP contribution < -0.4 is 0 Å². The fourth-order valence-corrected chi connectivity index (χ4v) is 2.03. The number of carbonyl (C=O) groups excluding carboxylic acids is 1. The van der Waals surface area contributed by atoms with E-state index in [2.05, 4.69) is 11.8 Å². The van der Waals surface area contributed by atoms with E-state index in [1.54, 1.807) is 0 Å². The summed E-state index contributed by atoms with van der Waals surface area (Å²) in [5.41, 5.74) is 2.00. The molecule has 2 rings (SSSR count). The molecule has 0 bridgehead atoms. The van der Waals surface area contributed by atoms with E-state index in [-0.39, 0.29) is 5.78 Å². The number of likely N-dealkylation sites (N-methyl/N-ethyl adjacent to an activating group) is 1. The number of hydrogen-bond donors (Lipinski definition) is 0. The minimum atomic E-state index is 0.248. The maximum atomic E-state index is 12.1. The standard InChI is InChI=1S/C14H19NO/c1-3-15(13-7-8-13)10-14(16)12-6-4-5-11(2)9-12/h4-6,9,13H,3,7-8,10H2,1-2H3. The first-order valence-electron chi connectivity index (χ1n) is 6.04. The number of rotatable bonds is 5. The predicted octanol–water partition coefficient (Wildman–Crippen LogP) is 2.66. The molecule has 0 heterocycles. The lowest BCUT2D eigenvalue weighted by molar-refractivity contribution is 0.0928. The van der Waals surface area contributed by atoms with Gasteiger partial charge in [0.15, 0.2) is 5.78 Å². The predicted molar refractivity (Wildman–Crippen MR) is 65.8 cm³/mol.